The molecular formula is C24H46N2O. The zero-order chi connectivity index (χ0) is 19.4. The first-order chi connectivity index (χ1) is 13.4. The molecule has 0 fully saturated rings. The third-order valence-corrected chi connectivity index (χ3v) is 5.65. The molecule has 0 aliphatic rings. The molecule has 0 saturated carbocycles. The highest BCUT2D eigenvalue weighted by molar-refractivity contribution is 4.92. The van der Waals surface area contributed by atoms with E-state index in [1.54, 1.807) is 0 Å². The molecule has 1 aromatic rings. The summed E-state index contributed by atoms with van der Waals surface area (Å²) in [4.78, 5) is 4.40. The first kappa shape index (κ1) is 24.2. The summed E-state index contributed by atoms with van der Waals surface area (Å²) in [6, 6.07) is 0. The smallest absolute Gasteiger partial charge is 0.108 e. The molecule has 3 heteroatoms. The van der Waals surface area contributed by atoms with E-state index in [0.29, 0.717) is 6.54 Å². The van der Waals surface area contributed by atoms with Crippen LogP contribution in [0.15, 0.2) is 12.4 Å². The molecule has 1 aromatic heterocycles. The van der Waals surface area contributed by atoms with Crippen LogP contribution in [0.25, 0.3) is 0 Å². The van der Waals surface area contributed by atoms with Crippen molar-refractivity contribution >= 4 is 0 Å². The average molecular weight is 379 g/mol. The lowest BCUT2D eigenvalue weighted by molar-refractivity contribution is 0.274. The van der Waals surface area contributed by atoms with Gasteiger partial charge < -0.3 is 9.67 Å². The van der Waals surface area contributed by atoms with Crippen LogP contribution in [0, 0.1) is 0 Å². The van der Waals surface area contributed by atoms with Crippen LogP contribution in [0.4, 0.5) is 0 Å². The molecule has 0 amide bonds. The van der Waals surface area contributed by atoms with E-state index in [2.05, 4.69) is 16.5 Å². The first-order valence-corrected chi connectivity index (χ1v) is 12.0. The van der Waals surface area contributed by atoms with Crippen LogP contribution < -0.4 is 0 Å². The fraction of sp³-hybridized carbons (Fsp3) is 0.875. The number of aliphatic hydroxyl groups is 1. The number of hydrogen-bond acceptors (Lipinski definition) is 2. The number of aliphatic hydroxyl groups excluding tert-OH is 1. The van der Waals surface area contributed by atoms with Gasteiger partial charge in [-0.25, -0.2) is 4.98 Å². The fourth-order valence-electron chi connectivity index (χ4n) is 3.89. The Bertz CT molecular complexity index is 416. The Morgan fingerprint density at radius 2 is 1.15 bits per heavy atom. The summed E-state index contributed by atoms with van der Waals surface area (Å²) < 4.78 is 2.08. The Labute approximate surface area is 169 Å². The van der Waals surface area contributed by atoms with Gasteiger partial charge in [0.1, 0.15) is 5.82 Å². The second-order valence-electron chi connectivity index (χ2n) is 8.17. The molecule has 1 rings (SSSR count). The van der Waals surface area contributed by atoms with E-state index < -0.39 is 0 Å². The van der Waals surface area contributed by atoms with Gasteiger partial charge in [0, 0.05) is 25.4 Å². The Morgan fingerprint density at radius 1 is 0.704 bits per heavy atom. The van der Waals surface area contributed by atoms with Crippen molar-refractivity contribution in [2.75, 3.05) is 6.61 Å². The minimum Gasteiger partial charge on any atom is -0.395 e. The van der Waals surface area contributed by atoms with E-state index in [1.807, 2.05) is 12.4 Å². The average Bonchev–Trinajstić information content (AvgIpc) is 3.11. The summed E-state index contributed by atoms with van der Waals surface area (Å²) in [5, 5.41) is 9.03. The van der Waals surface area contributed by atoms with Crippen molar-refractivity contribution in [3.63, 3.8) is 0 Å². The monoisotopic (exact) mass is 378 g/mol. The predicted octanol–water partition coefficient (Wildman–Crippen LogP) is 7.07. The molecule has 0 aromatic carbocycles. The maximum atomic E-state index is 9.03. The molecule has 0 unspecified atom stereocenters. The van der Waals surface area contributed by atoms with Crippen LogP contribution in [0.3, 0.4) is 0 Å². The number of nitrogens with zero attached hydrogens (tertiary/aromatic N) is 2. The van der Waals surface area contributed by atoms with Crippen LogP contribution in [-0.4, -0.2) is 21.3 Å². The topological polar surface area (TPSA) is 38.0 Å². The first-order valence-electron chi connectivity index (χ1n) is 12.0. The van der Waals surface area contributed by atoms with Gasteiger partial charge in [0.05, 0.1) is 6.61 Å². The van der Waals surface area contributed by atoms with E-state index >= 15 is 0 Å². The highest BCUT2D eigenvalue weighted by atomic mass is 16.3. The van der Waals surface area contributed by atoms with Gasteiger partial charge >= 0.3 is 0 Å². The van der Waals surface area contributed by atoms with Gasteiger partial charge in [-0.15, -0.1) is 0 Å². The van der Waals surface area contributed by atoms with Gasteiger partial charge in [0.15, 0.2) is 0 Å². The number of aromatic nitrogens is 2. The Balaban J connectivity index is 1.76. The van der Waals surface area contributed by atoms with Crippen molar-refractivity contribution in [3.8, 4) is 0 Å². The number of hydrogen-bond donors (Lipinski definition) is 1. The SMILES string of the molecule is CCCCCCCCCCCCCCCCCCCc1nccn1CCO. The molecule has 0 spiro atoms. The third kappa shape index (κ3) is 13.9. The molecule has 1 N–H and O–H groups in total. The van der Waals surface area contributed by atoms with Gasteiger partial charge in [0.2, 0.25) is 0 Å². The summed E-state index contributed by atoms with van der Waals surface area (Å²) in [6.45, 7) is 3.16. The standard InChI is InChI=1S/C24H46N2O/c1-2-3-4-5-6-7-8-9-10-11-12-13-14-15-16-17-18-19-24-25-20-21-26(24)22-23-27/h20-21,27H,2-19,22-23H2,1H3. The Hall–Kier alpha value is -0.830. The summed E-state index contributed by atoms with van der Waals surface area (Å²) in [5.74, 6) is 1.13. The Morgan fingerprint density at radius 3 is 1.59 bits per heavy atom. The number of imidazole rings is 1. The lowest BCUT2D eigenvalue weighted by Gasteiger charge is -2.06. The van der Waals surface area contributed by atoms with E-state index in [-0.39, 0.29) is 6.61 Å². The van der Waals surface area contributed by atoms with E-state index in [0.717, 1.165) is 12.2 Å². The van der Waals surface area contributed by atoms with E-state index in [4.69, 9.17) is 5.11 Å². The predicted molar refractivity (Wildman–Crippen MR) is 117 cm³/mol. The van der Waals surface area contributed by atoms with Crippen LogP contribution in [0.1, 0.15) is 122 Å². The van der Waals surface area contributed by atoms with Crippen LogP contribution in [0.5, 0.6) is 0 Å². The molecule has 0 aliphatic heterocycles. The number of aryl methyl sites for hydroxylation is 1. The lowest BCUT2D eigenvalue weighted by Crippen LogP contribution is -2.06. The molecule has 0 atom stereocenters. The maximum Gasteiger partial charge on any atom is 0.108 e. The van der Waals surface area contributed by atoms with Crippen molar-refractivity contribution in [2.45, 2.75) is 129 Å². The van der Waals surface area contributed by atoms with Crippen molar-refractivity contribution in [1.29, 1.82) is 0 Å². The van der Waals surface area contributed by atoms with Crippen LogP contribution in [0.2, 0.25) is 0 Å². The molecule has 0 radical (unpaired) electrons. The molecule has 27 heavy (non-hydrogen) atoms. The molecule has 1 heterocycles. The molecule has 0 bridgehead atoms. The minimum absolute atomic E-state index is 0.197. The quantitative estimate of drug-likeness (QED) is 0.246. The summed E-state index contributed by atoms with van der Waals surface area (Å²) >= 11 is 0. The molecule has 3 nitrogen and oxygen atoms in total. The second-order valence-corrected chi connectivity index (χ2v) is 8.17. The molecule has 0 saturated heterocycles. The van der Waals surface area contributed by atoms with E-state index in [9.17, 15) is 0 Å². The second kappa shape index (κ2) is 18.5. The maximum absolute atomic E-state index is 9.03. The summed E-state index contributed by atoms with van der Waals surface area (Å²) in [5.41, 5.74) is 0. The van der Waals surface area contributed by atoms with Crippen molar-refractivity contribution in [1.82, 2.24) is 9.55 Å². The minimum atomic E-state index is 0.197. The zero-order valence-electron chi connectivity index (χ0n) is 18.1. The van der Waals surface area contributed by atoms with E-state index in [1.165, 1.54) is 109 Å². The highest BCUT2D eigenvalue weighted by Crippen LogP contribution is 2.14. The zero-order valence-corrected chi connectivity index (χ0v) is 18.1. The number of rotatable bonds is 20. The van der Waals surface area contributed by atoms with Crippen LogP contribution in [-0.2, 0) is 13.0 Å². The largest absolute Gasteiger partial charge is 0.395 e. The lowest BCUT2D eigenvalue weighted by atomic mass is 10.0. The van der Waals surface area contributed by atoms with Gasteiger partial charge in [-0.3, -0.25) is 0 Å². The van der Waals surface area contributed by atoms with Crippen molar-refractivity contribution < 1.29 is 5.11 Å². The van der Waals surface area contributed by atoms with Crippen molar-refractivity contribution in [2.24, 2.45) is 0 Å². The normalized spacial score (nSPS) is 11.3. The summed E-state index contributed by atoms with van der Waals surface area (Å²) in [7, 11) is 0. The van der Waals surface area contributed by atoms with Gasteiger partial charge in [-0.05, 0) is 6.42 Å². The van der Waals surface area contributed by atoms with Crippen LogP contribution >= 0.6 is 0 Å². The van der Waals surface area contributed by atoms with Gasteiger partial charge in [-0.2, -0.15) is 0 Å². The third-order valence-electron chi connectivity index (χ3n) is 5.65. The molecule has 0 aliphatic carbocycles. The molecule has 158 valence electrons. The highest BCUT2D eigenvalue weighted by Gasteiger charge is 2.01. The van der Waals surface area contributed by atoms with Gasteiger partial charge in [0.25, 0.3) is 0 Å². The Kier molecular flexibility index (Phi) is 16.6. The van der Waals surface area contributed by atoms with Crippen molar-refractivity contribution in [3.05, 3.63) is 18.2 Å². The fourth-order valence-corrected chi connectivity index (χ4v) is 3.89. The number of unbranched alkanes of at least 4 members (excludes halogenated alkanes) is 16. The molecular weight excluding hydrogens is 332 g/mol. The van der Waals surface area contributed by atoms with Gasteiger partial charge in [-0.1, -0.05) is 110 Å². The summed E-state index contributed by atoms with van der Waals surface area (Å²) in [6.07, 6.45) is 28.9.